The van der Waals surface area contributed by atoms with Gasteiger partial charge in [-0.05, 0) is 50.1 Å². The molecule has 1 fully saturated rings. The van der Waals surface area contributed by atoms with Crippen LogP contribution in [0.25, 0.3) is 0 Å². The van der Waals surface area contributed by atoms with Crippen LogP contribution in [0.15, 0.2) is 18.2 Å². The van der Waals surface area contributed by atoms with Crippen molar-refractivity contribution >= 4 is 11.6 Å². The van der Waals surface area contributed by atoms with Crippen LogP contribution in [0.4, 0.5) is 5.69 Å². The lowest BCUT2D eigenvalue weighted by Crippen LogP contribution is -2.48. The van der Waals surface area contributed by atoms with Crippen molar-refractivity contribution in [3.05, 3.63) is 29.3 Å². The zero-order valence-corrected chi connectivity index (χ0v) is 13.5. The van der Waals surface area contributed by atoms with Gasteiger partial charge in [0, 0.05) is 31.9 Å². The van der Waals surface area contributed by atoms with Crippen LogP contribution in [0.1, 0.15) is 24.5 Å². The normalized spacial score (nSPS) is 16.9. The second-order valence-electron chi connectivity index (χ2n) is 5.97. The third-order valence-corrected chi connectivity index (χ3v) is 4.16. The number of rotatable bonds is 5. The Morgan fingerprint density at radius 1 is 1.10 bits per heavy atom. The Labute approximate surface area is 128 Å². The monoisotopic (exact) mass is 289 g/mol. The van der Waals surface area contributed by atoms with Gasteiger partial charge in [-0.25, -0.2) is 0 Å². The number of hydrogen-bond acceptors (Lipinski definition) is 3. The zero-order chi connectivity index (χ0) is 15.2. The average molecular weight is 289 g/mol. The van der Waals surface area contributed by atoms with Gasteiger partial charge in [0.05, 0.1) is 6.54 Å². The lowest BCUT2D eigenvalue weighted by Gasteiger charge is -2.34. The molecule has 1 aliphatic heterocycles. The first kappa shape index (κ1) is 16.0. The molecule has 116 valence electrons. The second-order valence-corrected chi connectivity index (χ2v) is 5.97. The van der Waals surface area contributed by atoms with Gasteiger partial charge in [-0.15, -0.1) is 0 Å². The van der Waals surface area contributed by atoms with Gasteiger partial charge in [-0.3, -0.25) is 9.69 Å². The number of carbonyl (C=O) groups is 1. The van der Waals surface area contributed by atoms with E-state index in [9.17, 15) is 4.79 Å². The molecule has 2 rings (SSSR count). The highest BCUT2D eigenvalue weighted by Crippen LogP contribution is 2.14. The topological polar surface area (TPSA) is 35.6 Å². The minimum absolute atomic E-state index is 0.0854. The van der Waals surface area contributed by atoms with Crippen LogP contribution in [-0.2, 0) is 4.79 Å². The molecule has 0 spiro atoms. The summed E-state index contributed by atoms with van der Waals surface area (Å²) in [5.41, 5.74) is 3.36. The van der Waals surface area contributed by atoms with Crippen molar-refractivity contribution in [1.29, 1.82) is 0 Å². The van der Waals surface area contributed by atoms with Gasteiger partial charge in [0.25, 0.3) is 0 Å². The SMILES string of the molecule is CCCN1CCN(CC(=O)Nc2ccc(C)c(C)c2)CC1. The van der Waals surface area contributed by atoms with E-state index in [0.717, 1.165) is 31.9 Å². The van der Waals surface area contributed by atoms with Crippen molar-refractivity contribution in [2.75, 3.05) is 44.6 Å². The molecule has 1 aromatic carbocycles. The van der Waals surface area contributed by atoms with Gasteiger partial charge < -0.3 is 10.2 Å². The van der Waals surface area contributed by atoms with Crippen molar-refractivity contribution in [3.63, 3.8) is 0 Å². The Bertz CT molecular complexity index is 479. The fourth-order valence-electron chi connectivity index (χ4n) is 2.71. The number of piperazine rings is 1. The molecular formula is C17H27N3O. The lowest BCUT2D eigenvalue weighted by molar-refractivity contribution is -0.117. The summed E-state index contributed by atoms with van der Waals surface area (Å²) in [6, 6.07) is 6.06. The van der Waals surface area contributed by atoms with E-state index in [1.54, 1.807) is 0 Å². The van der Waals surface area contributed by atoms with E-state index in [0.29, 0.717) is 6.54 Å². The Balaban J connectivity index is 1.78. The highest BCUT2D eigenvalue weighted by atomic mass is 16.2. The lowest BCUT2D eigenvalue weighted by atomic mass is 10.1. The standard InChI is InChI=1S/C17H27N3O/c1-4-7-19-8-10-20(11-9-19)13-17(21)18-16-6-5-14(2)15(3)12-16/h5-6,12H,4,7-11,13H2,1-3H3,(H,18,21). The van der Waals surface area contributed by atoms with Crippen molar-refractivity contribution in [3.8, 4) is 0 Å². The van der Waals surface area contributed by atoms with Crippen LogP contribution in [0.2, 0.25) is 0 Å². The summed E-state index contributed by atoms with van der Waals surface area (Å²) in [6.07, 6.45) is 1.20. The van der Waals surface area contributed by atoms with Gasteiger partial charge >= 0.3 is 0 Å². The molecule has 0 unspecified atom stereocenters. The van der Waals surface area contributed by atoms with Crippen LogP contribution in [-0.4, -0.2) is 55.0 Å². The third kappa shape index (κ3) is 4.83. The first-order valence-corrected chi connectivity index (χ1v) is 7.90. The molecule has 1 N–H and O–H groups in total. The van der Waals surface area contributed by atoms with Gasteiger partial charge in [-0.1, -0.05) is 13.0 Å². The maximum atomic E-state index is 12.1. The third-order valence-electron chi connectivity index (χ3n) is 4.16. The number of nitrogens with one attached hydrogen (secondary N) is 1. The summed E-state index contributed by atoms with van der Waals surface area (Å²) in [4.78, 5) is 16.8. The molecule has 1 amide bonds. The Hall–Kier alpha value is -1.39. The molecule has 0 bridgehead atoms. The van der Waals surface area contributed by atoms with E-state index >= 15 is 0 Å². The molecule has 0 atom stereocenters. The van der Waals surface area contributed by atoms with E-state index in [1.165, 1.54) is 24.1 Å². The Kier molecular flexibility index (Phi) is 5.76. The van der Waals surface area contributed by atoms with Crippen molar-refractivity contribution in [2.24, 2.45) is 0 Å². The van der Waals surface area contributed by atoms with Crippen LogP contribution in [0.3, 0.4) is 0 Å². The summed E-state index contributed by atoms with van der Waals surface area (Å²) in [5.74, 6) is 0.0854. The number of nitrogens with zero attached hydrogens (tertiary/aromatic N) is 2. The zero-order valence-electron chi connectivity index (χ0n) is 13.5. The number of carbonyl (C=O) groups excluding carboxylic acids is 1. The van der Waals surface area contributed by atoms with Gasteiger partial charge in [0.2, 0.25) is 5.91 Å². The second kappa shape index (κ2) is 7.57. The summed E-state index contributed by atoms with van der Waals surface area (Å²) in [5, 5.41) is 3.00. The van der Waals surface area contributed by atoms with Crippen LogP contribution >= 0.6 is 0 Å². The fraction of sp³-hybridized carbons (Fsp3) is 0.588. The summed E-state index contributed by atoms with van der Waals surface area (Å²) >= 11 is 0. The molecule has 1 aromatic rings. The number of hydrogen-bond donors (Lipinski definition) is 1. The van der Waals surface area contributed by atoms with E-state index in [1.807, 2.05) is 12.1 Å². The minimum atomic E-state index is 0.0854. The molecule has 1 heterocycles. The fourth-order valence-corrected chi connectivity index (χ4v) is 2.71. The van der Waals surface area contributed by atoms with Crippen LogP contribution in [0, 0.1) is 13.8 Å². The van der Waals surface area contributed by atoms with Crippen LogP contribution in [0.5, 0.6) is 0 Å². The molecule has 0 aromatic heterocycles. The van der Waals surface area contributed by atoms with E-state index in [2.05, 4.69) is 42.0 Å². The average Bonchev–Trinajstić information content (AvgIpc) is 2.45. The number of aryl methyl sites for hydroxylation is 2. The van der Waals surface area contributed by atoms with Gasteiger partial charge in [0.15, 0.2) is 0 Å². The summed E-state index contributed by atoms with van der Waals surface area (Å²) in [6.45, 7) is 12.1. The van der Waals surface area contributed by atoms with Crippen LogP contribution < -0.4 is 5.32 Å². The molecule has 4 nitrogen and oxygen atoms in total. The van der Waals surface area contributed by atoms with E-state index in [4.69, 9.17) is 0 Å². The molecule has 1 aliphatic rings. The van der Waals surface area contributed by atoms with Crippen molar-refractivity contribution in [2.45, 2.75) is 27.2 Å². The highest BCUT2D eigenvalue weighted by Gasteiger charge is 2.18. The maximum Gasteiger partial charge on any atom is 0.238 e. The molecule has 0 aliphatic carbocycles. The van der Waals surface area contributed by atoms with Gasteiger partial charge in [-0.2, -0.15) is 0 Å². The molecular weight excluding hydrogens is 262 g/mol. The number of benzene rings is 1. The van der Waals surface area contributed by atoms with Crippen molar-refractivity contribution in [1.82, 2.24) is 9.80 Å². The largest absolute Gasteiger partial charge is 0.325 e. The molecule has 0 radical (unpaired) electrons. The quantitative estimate of drug-likeness (QED) is 0.903. The Morgan fingerprint density at radius 2 is 1.76 bits per heavy atom. The molecule has 21 heavy (non-hydrogen) atoms. The smallest absolute Gasteiger partial charge is 0.238 e. The predicted molar refractivity (Wildman–Crippen MR) is 87.7 cm³/mol. The maximum absolute atomic E-state index is 12.1. The molecule has 4 heteroatoms. The number of anilines is 1. The minimum Gasteiger partial charge on any atom is -0.325 e. The molecule has 1 saturated heterocycles. The predicted octanol–water partition coefficient (Wildman–Crippen LogP) is 2.27. The first-order valence-electron chi connectivity index (χ1n) is 7.90. The van der Waals surface area contributed by atoms with Gasteiger partial charge in [0.1, 0.15) is 0 Å². The first-order chi connectivity index (χ1) is 10.1. The van der Waals surface area contributed by atoms with Crippen molar-refractivity contribution < 1.29 is 4.79 Å². The highest BCUT2D eigenvalue weighted by molar-refractivity contribution is 5.92. The Morgan fingerprint density at radius 3 is 2.38 bits per heavy atom. The van der Waals surface area contributed by atoms with E-state index < -0.39 is 0 Å². The number of amides is 1. The summed E-state index contributed by atoms with van der Waals surface area (Å²) in [7, 11) is 0. The summed E-state index contributed by atoms with van der Waals surface area (Å²) < 4.78 is 0. The molecule has 0 saturated carbocycles. The van der Waals surface area contributed by atoms with E-state index in [-0.39, 0.29) is 5.91 Å².